The maximum absolute atomic E-state index is 13.0. The van der Waals surface area contributed by atoms with Crippen LogP contribution in [0.25, 0.3) is 22.2 Å². The lowest BCUT2D eigenvalue weighted by molar-refractivity contribution is -0.0261. The molecule has 8 heteroatoms. The van der Waals surface area contributed by atoms with Gasteiger partial charge in [0.05, 0.1) is 24.9 Å². The van der Waals surface area contributed by atoms with E-state index < -0.39 is 6.10 Å². The van der Waals surface area contributed by atoms with Crippen molar-refractivity contribution in [2.24, 2.45) is 14.1 Å². The molecule has 0 bridgehead atoms. The standard InChI is InChI=1S/C25H27N5O3/c1-29-9-7-20-18(11-16-3-5-17(6-4-16)19-13-26-30(2)14-19)12-22(27-24(20)29)25(32)28-21-8-10-33-15-23(21)31/h3-7,9,12-14,21,23,31H,8,10-11,15H2,1-2H3,(H,28,32)/t21-,23+/m0/s1. The van der Waals surface area contributed by atoms with Gasteiger partial charge in [0.15, 0.2) is 0 Å². The van der Waals surface area contributed by atoms with Crippen LogP contribution in [0.5, 0.6) is 0 Å². The van der Waals surface area contributed by atoms with Gasteiger partial charge in [-0.3, -0.25) is 9.48 Å². The Hall–Kier alpha value is -3.49. The number of aryl methyl sites for hydroxylation is 2. The summed E-state index contributed by atoms with van der Waals surface area (Å²) < 4.78 is 8.97. The highest BCUT2D eigenvalue weighted by Crippen LogP contribution is 2.24. The van der Waals surface area contributed by atoms with Crippen molar-refractivity contribution in [3.63, 3.8) is 0 Å². The van der Waals surface area contributed by atoms with E-state index in [-0.39, 0.29) is 18.6 Å². The number of nitrogens with one attached hydrogen (secondary N) is 1. The average Bonchev–Trinajstić information content (AvgIpc) is 3.42. The van der Waals surface area contributed by atoms with Gasteiger partial charge in [0.1, 0.15) is 11.3 Å². The first-order chi connectivity index (χ1) is 16.0. The van der Waals surface area contributed by atoms with Crippen LogP contribution in [0, 0.1) is 0 Å². The number of fused-ring (bicyclic) bond motifs is 1. The van der Waals surface area contributed by atoms with Crippen molar-refractivity contribution < 1.29 is 14.6 Å². The average molecular weight is 446 g/mol. The Morgan fingerprint density at radius 2 is 2.03 bits per heavy atom. The molecule has 1 fully saturated rings. The van der Waals surface area contributed by atoms with E-state index in [2.05, 4.69) is 39.7 Å². The third-order valence-corrected chi connectivity index (χ3v) is 6.19. The number of ether oxygens (including phenoxy) is 1. The van der Waals surface area contributed by atoms with Crippen LogP contribution in [0.3, 0.4) is 0 Å². The quantitative estimate of drug-likeness (QED) is 0.492. The van der Waals surface area contributed by atoms with E-state index in [0.717, 1.165) is 33.3 Å². The van der Waals surface area contributed by atoms with Gasteiger partial charge in [0, 0.05) is 44.0 Å². The number of rotatable bonds is 5. The number of aliphatic hydroxyl groups excluding tert-OH is 1. The molecule has 8 nitrogen and oxygen atoms in total. The highest BCUT2D eigenvalue weighted by molar-refractivity contribution is 5.95. The summed E-state index contributed by atoms with van der Waals surface area (Å²) >= 11 is 0. The van der Waals surface area contributed by atoms with E-state index in [0.29, 0.717) is 25.1 Å². The first-order valence-corrected chi connectivity index (χ1v) is 11.1. The first-order valence-electron chi connectivity index (χ1n) is 11.1. The van der Waals surface area contributed by atoms with Crippen molar-refractivity contribution >= 4 is 16.9 Å². The van der Waals surface area contributed by atoms with Crippen LogP contribution in [0.15, 0.2) is 55.0 Å². The molecule has 1 aromatic carbocycles. The van der Waals surface area contributed by atoms with Crippen molar-refractivity contribution in [1.82, 2.24) is 24.6 Å². The number of amides is 1. The summed E-state index contributed by atoms with van der Waals surface area (Å²) in [5.41, 5.74) is 5.48. The Morgan fingerprint density at radius 1 is 1.21 bits per heavy atom. The van der Waals surface area contributed by atoms with Gasteiger partial charge >= 0.3 is 0 Å². The smallest absolute Gasteiger partial charge is 0.270 e. The Kier molecular flexibility index (Phi) is 5.70. The summed E-state index contributed by atoms with van der Waals surface area (Å²) in [6, 6.07) is 12.0. The largest absolute Gasteiger partial charge is 0.389 e. The lowest BCUT2D eigenvalue weighted by atomic mass is 9.99. The Bertz CT molecular complexity index is 1290. The fourth-order valence-corrected chi connectivity index (χ4v) is 4.30. The minimum Gasteiger partial charge on any atom is -0.389 e. The molecule has 0 unspecified atom stereocenters. The van der Waals surface area contributed by atoms with Gasteiger partial charge in [-0.25, -0.2) is 4.98 Å². The van der Waals surface area contributed by atoms with Crippen LogP contribution in [0.2, 0.25) is 0 Å². The summed E-state index contributed by atoms with van der Waals surface area (Å²) in [6.45, 7) is 0.752. The van der Waals surface area contributed by atoms with Crippen LogP contribution in [0.1, 0.15) is 28.0 Å². The molecule has 1 amide bonds. The molecule has 0 radical (unpaired) electrons. The van der Waals surface area contributed by atoms with Crippen LogP contribution >= 0.6 is 0 Å². The van der Waals surface area contributed by atoms with E-state index in [9.17, 15) is 9.90 Å². The highest BCUT2D eigenvalue weighted by Gasteiger charge is 2.26. The van der Waals surface area contributed by atoms with E-state index in [1.54, 1.807) is 4.68 Å². The fourth-order valence-electron chi connectivity index (χ4n) is 4.30. The number of carbonyl (C=O) groups excluding carboxylic acids is 1. The van der Waals surface area contributed by atoms with Crippen LogP contribution in [0.4, 0.5) is 0 Å². The molecule has 3 aromatic heterocycles. The molecule has 0 aliphatic carbocycles. The summed E-state index contributed by atoms with van der Waals surface area (Å²) in [5.74, 6) is -0.280. The lowest BCUT2D eigenvalue weighted by Gasteiger charge is -2.28. The number of hydrogen-bond acceptors (Lipinski definition) is 5. The molecule has 1 aliphatic heterocycles. The van der Waals surface area contributed by atoms with Crippen molar-refractivity contribution in [2.75, 3.05) is 13.2 Å². The molecule has 0 spiro atoms. The monoisotopic (exact) mass is 445 g/mol. The second-order valence-electron chi connectivity index (χ2n) is 8.62. The Morgan fingerprint density at radius 3 is 2.76 bits per heavy atom. The van der Waals surface area contributed by atoms with Crippen LogP contribution in [-0.4, -0.2) is 55.7 Å². The van der Waals surface area contributed by atoms with Gasteiger partial charge in [-0.2, -0.15) is 5.10 Å². The van der Waals surface area contributed by atoms with Crippen molar-refractivity contribution in [3.8, 4) is 11.1 Å². The normalized spacial score (nSPS) is 18.5. The van der Waals surface area contributed by atoms with Gasteiger partial charge in [0.25, 0.3) is 5.91 Å². The Balaban J connectivity index is 1.42. The van der Waals surface area contributed by atoms with Gasteiger partial charge < -0.3 is 19.7 Å². The third-order valence-electron chi connectivity index (χ3n) is 6.19. The SMILES string of the molecule is Cn1cc(-c2ccc(Cc3cc(C(=O)N[C@H]4CCOC[C@H]4O)nc4c3ccn4C)cc2)cn1. The lowest BCUT2D eigenvalue weighted by Crippen LogP contribution is -2.48. The predicted octanol–water partition coefficient (Wildman–Crippen LogP) is 2.44. The summed E-state index contributed by atoms with van der Waals surface area (Å²) in [4.78, 5) is 17.6. The second kappa shape index (κ2) is 8.80. The molecular weight excluding hydrogens is 418 g/mol. The van der Waals surface area contributed by atoms with Gasteiger partial charge in [0.2, 0.25) is 0 Å². The summed E-state index contributed by atoms with van der Waals surface area (Å²) in [7, 11) is 3.83. The zero-order valence-electron chi connectivity index (χ0n) is 18.7. The summed E-state index contributed by atoms with van der Waals surface area (Å²) in [5, 5.41) is 18.3. The number of benzene rings is 1. The van der Waals surface area contributed by atoms with E-state index >= 15 is 0 Å². The predicted molar refractivity (Wildman–Crippen MR) is 125 cm³/mol. The molecule has 33 heavy (non-hydrogen) atoms. The number of aromatic nitrogens is 4. The third kappa shape index (κ3) is 4.40. The van der Waals surface area contributed by atoms with Gasteiger partial charge in [-0.1, -0.05) is 24.3 Å². The molecule has 2 atom stereocenters. The number of aliphatic hydroxyl groups is 1. The second-order valence-corrected chi connectivity index (χ2v) is 8.62. The van der Waals surface area contributed by atoms with E-state index in [1.807, 2.05) is 49.4 Å². The minimum atomic E-state index is -0.709. The zero-order valence-corrected chi connectivity index (χ0v) is 18.7. The maximum Gasteiger partial charge on any atom is 0.270 e. The van der Waals surface area contributed by atoms with Crippen molar-refractivity contribution in [2.45, 2.75) is 25.0 Å². The first kappa shape index (κ1) is 21.4. The minimum absolute atomic E-state index is 0.232. The van der Waals surface area contributed by atoms with Gasteiger partial charge in [-0.15, -0.1) is 0 Å². The van der Waals surface area contributed by atoms with Crippen molar-refractivity contribution in [1.29, 1.82) is 0 Å². The molecule has 4 heterocycles. The molecule has 4 aromatic rings. The fraction of sp³-hybridized carbons (Fsp3) is 0.320. The molecule has 1 aliphatic rings. The molecule has 2 N–H and O–H groups in total. The van der Waals surface area contributed by atoms with E-state index in [1.165, 1.54) is 0 Å². The zero-order chi connectivity index (χ0) is 22.9. The Labute approximate surface area is 191 Å². The number of nitrogens with zero attached hydrogens (tertiary/aromatic N) is 4. The van der Waals surface area contributed by atoms with Crippen LogP contribution in [-0.2, 0) is 25.3 Å². The summed E-state index contributed by atoms with van der Waals surface area (Å²) in [6.07, 6.45) is 6.35. The number of carbonyl (C=O) groups is 1. The molecule has 170 valence electrons. The van der Waals surface area contributed by atoms with Crippen LogP contribution < -0.4 is 5.32 Å². The molecule has 5 rings (SSSR count). The number of hydrogen-bond donors (Lipinski definition) is 2. The molecule has 0 saturated carbocycles. The molecular formula is C25H27N5O3. The molecule has 1 saturated heterocycles. The maximum atomic E-state index is 13.0. The topological polar surface area (TPSA) is 94.2 Å². The highest BCUT2D eigenvalue weighted by atomic mass is 16.5. The van der Waals surface area contributed by atoms with Crippen molar-refractivity contribution in [3.05, 3.63) is 71.8 Å². The van der Waals surface area contributed by atoms with E-state index in [4.69, 9.17) is 4.74 Å². The number of pyridine rings is 1. The van der Waals surface area contributed by atoms with Gasteiger partial charge in [-0.05, 0) is 41.7 Å².